The Bertz CT molecular complexity index is 661. The number of hydrogen-bond donors (Lipinski definition) is 2. The Balaban J connectivity index is 2.28. The van der Waals surface area contributed by atoms with Crippen LogP contribution in [0.15, 0.2) is 36.4 Å². The number of ether oxygens (including phenoxy) is 1. The molecule has 0 saturated heterocycles. The zero-order chi connectivity index (χ0) is 14.7. The van der Waals surface area contributed by atoms with Crippen molar-refractivity contribution in [3.8, 4) is 11.5 Å². The highest BCUT2D eigenvalue weighted by Gasteiger charge is 2.14. The molecule has 4 nitrogen and oxygen atoms in total. The fourth-order valence-electron chi connectivity index (χ4n) is 1.60. The number of hydrogen-bond acceptors (Lipinski definition) is 3. The first-order chi connectivity index (χ1) is 9.51. The molecule has 0 bridgehead atoms. The molecule has 0 aromatic heterocycles. The zero-order valence-electron chi connectivity index (χ0n) is 10.5. The first kappa shape index (κ1) is 14.1. The van der Waals surface area contributed by atoms with Gasteiger partial charge in [-0.05, 0) is 36.4 Å². The molecule has 0 spiro atoms. The molecule has 0 unspecified atom stereocenters. The number of anilines is 1. The predicted molar refractivity (Wildman–Crippen MR) is 74.0 cm³/mol. The summed E-state index contributed by atoms with van der Waals surface area (Å²) in [5.41, 5.74) is -0.0414. The number of amides is 1. The third-order valence-corrected chi connectivity index (χ3v) is 2.86. The Morgan fingerprint density at radius 3 is 2.70 bits per heavy atom. The smallest absolute Gasteiger partial charge is 0.259 e. The standard InChI is InChI=1S/C14H11ClFNO3/c1-20-9-3-5-13(18)10(7-9)14(19)17-12-4-2-8(15)6-11(12)16/h2-7,18H,1H3,(H,17,19). The number of aromatic hydroxyl groups is 1. The van der Waals surface area contributed by atoms with E-state index in [0.29, 0.717) is 5.75 Å². The predicted octanol–water partition coefficient (Wildman–Crippen LogP) is 3.45. The lowest BCUT2D eigenvalue weighted by molar-refractivity contribution is 0.102. The highest BCUT2D eigenvalue weighted by molar-refractivity contribution is 6.30. The van der Waals surface area contributed by atoms with Gasteiger partial charge >= 0.3 is 0 Å². The van der Waals surface area contributed by atoms with Crippen molar-refractivity contribution in [1.82, 2.24) is 0 Å². The third-order valence-electron chi connectivity index (χ3n) is 2.63. The molecule has 2 rings (SSSR count). The van der Waals surface area contributed by atoms with Crippen molar-refractivity contribution < 1.29 is 19.0 Å². The van der Waals surface area contributed by atoms with E-state index < -0.39 is 11.7 Å². The summed E-state index contributed by atoms with van der Waals surface area (Å²) in [6.45, 7) is 0. The first-order valence-corrected chi connectivity index (χ1v) is 6.02. The van der Waals surface area contributed by atoms with Gasteiger partial charge in [-0.3, -0.25) is 4.79 Å². The molecule has 0 heterocycles. The molecule has 0 aliphatic carbocycles. The molecule has 20 heavy (non-hydrogen) atoms. The van der Waals surface area contributed by atoms with Crippen LogP contribution < -0.4 is 10.1 Å². The van der Waals surface area contributed by atoms with Gasteiger partial charge in [-0.15, -0.1) is 0 Å². The lowest BCUT2D eigenvalue weighted by atomic mass is 10.1. The summed E-state index contributed by atoms with van der Waals surface area (Å²) in [7, 11) is 1.44. The summed E-state index contributed by atoms with van der Waals surface area (Å²) in [5, 5.41) is 12.2. The minimum atomic E-state index is -0.659. The molecule has 0 atom stereocenters. The molecule has 0 fully saturated rings. The van der Waals surface area contributed by atoms with Crippen LogP contribution in [0.1, 0.15) is 10.4 Å². The highest BCUT2D eigenvalue weighted by atomic mass is 35.5. The van der Waals surface area contributed by atoms with Gasteiger partial charge in [0.15, 0.2) is 0 Å². The van der Waals surface area contributed by atoms with E-state index in [9.17, 15) is 14.3 Å². The molecule has 6 heteroatoms. The second-order valence-corrected chi connectivity index (χ2v) is 4.40. The van der Waals surface area contributed by atoms with Crippen molar-refractivity contribution in [1.29, 1.82) is 0 Å². The van der Waals surface area contributed by atoms with Crippen LogP contribution in [0.4, 0.5) is 10.1 Å². The van der Waals surface area contributed by atoms with Gasteiger partial charge in [-0.1, -0.05) is 11.6 Å². The van der Waals surface area contributed by atoms with Gasteiger partial charge in [0.05, 0.1) is 18.4 Å². The second kappa shape index (κ2) is 5.79. The maximum absolute atomic E-state index is 13.6. The molecule has 0 radical (unpaired) electrons. The van der Waals surface area contributed by atoms with Crippen LogP contribution in [0.5, 0.6) is 11.5 Å². The van der Waals surface area contributed by atoms with Crippen LogP contribution in [0.3, 0.4) is 0 Å². The topological polar surface area (TPSA) is 58.6 Å². The molecule has 0 aliphatic heterocycles. The number of phenols is 1. The van der Waals surface area contributed by atoms with Crippen LogP contribution in [-0.4, -0.2) is 18.1 Å². The molecule has 2 N–H and O–H groups in total. The lowest BCUT2D eigenvalue weighted by Gasteiger charge is -2.09. The Hall–Kier alpha value is -2.27. The van der Waals surface area contributed by atoms with Crippen molar-refractivity contribution in [2.45, 2.75) is 0 Å². The number of methoxy groups -OCH3 is 1. The van der Waals surface area contributed by atoms with E-state index in [1.165, 1.54) is 37.4 Å². The van der Waals surface area contributed by atoms with Crippen LogP contribution in [0.2, 0.25) is 5.02 Å². The quantitative estimate of drug-likeness (QED) is 0.912. The number of benzene rings is 2. The van der Waals surface area contributed by atoms with Crippen LogP contribution in [0.25, 0.3) is 0 Å². The summed E-state index contributed by atoms with van der Waals surface area (Å²) in [5.74, 6) is -1.13. The normalized spacial score (nSPS) is 10.2. The van der Waals surface area contributed by atoms with Crippen molar-refractivity contribution in [2.24, 2.45) is 0 Å². The van der Waals surface area contributed by atoms with Gasteiger partial charge in [0.1, 0.15) is 17.3 Å². The fourth-order valence-corrected chi connectivity index (χ4v) is 1.76. The van der Waals surface area contributed by atoms with E-state index in [0.717, 1.165) is 6.07 Å². The van der Waals surface area contributed by atoms with Crippen molar-refractivity contribution in [2.75, 3.05) is 12.4 Å². The van der Waals surface area contributed by atoms with E-state index in [4.69, 9.17) is 16.3 Å². The molecular formula is C14H11ClFNO3. The van der Waals surface area contributed by atoms with Crippen LogP contribution in [0, 0.1) is 5.82 Å². The van der Waals surface area contributed by atoms with Gasteiger partial charge in [0.25, 0.3) is 5.91 Å². The van der Waals surface area contributed by atoms with E-state index in [-0.39, 0.29) is 22.0 Å². The number of rotatable bonds is 3. The molecular weight excluding hydrogens is 285 g/mol. The van der Waals surface area contributed by atoms with Gasteiger partial charge in [-0.25, -0.2) is 4.39 Å². The second-order valence-electron chi connectivity index (χ2n) is 3.96. The van der Waals surface area contributed by atoms with Crippen LogP contribution >= 0.6 is 11.6 Å². The number of halogens is 2. The SMILES string of the molecule is COc1ccc(O)c(C(=O)Nc2ccc(Cl)cc2F)c1. The number of carbonyl (C=O) groups is 1. The van der Waals surface area contributed by atoms with Crippen LogP contribution in [-0.2, 0) is 0 Å². The monoisotopic (exact) mass is 295 g/mol. The molecule has 2 aromatic carbocycles. The van der Waals surface area contributed by atoms with E-state index >= 15 is 0 Å². The number of phenolic OH excluding ortho intramolecular Hbond substituents is 1. The van der Waals surface area contributed by atoms with Crippen molar-refractivity contribution >= 4 is 23.2 Å². The Labute approximate surface area is 119 Å². The lowest BCUT2D eigenvalue weighted by Crippen LogP contribution is -2.13. The average molecular weight is 296 g/mol. The summed E-state index contributed by atoms with van der Waals surface area (Å²) in [6.07, 6.45) is 0. The maximum atomic E-state index is 13.6. The van der Waals surface area contributed by atoms with E-state index in [1.54, 1.807) is 0 Å². The number of carbonyl (C=O) groups excluding carboxylic acids is 1. The summed E-state index contributed by atoms with van der Waals surface area (Å²) in [6, 6.07) is 8.07. The Morgan fingerprint density at radius 1 is 1.30 bits per heavy atom. The van der Waals surface area contributed by atoms with Crippen molar-refractivity contribution in [3.63, 3.8) is 0 Å². The molecule has 2 aromatic rings. The van der Waals surface area contributed by atoms with Gasteiger partial charge in [0.2, 0.25) is 0 Å². The molecule has 0 aliphatic rings. The first-order valence-electron chi connectivity index (χ1n) is 5.64. The highest BCUT2D eigenvalue weighted by Crippen LogP contribution is 2.25. The minimum Gasteiger partial charge on any atom is -0.507 e. The maximum Gasteiger partial charge on any atom is 0.259 e. The summed E-state index contributed by atoms with van der Waals surface area (Å²) < 4.78 is 18.6. The molecule has 104 valence electrons. The molecule has 1 amide bonds. The largest absolute Gasteiger partial charge is 0.507 e. The molecule has 0 saturated carbocycles. The summed E-state index contributed by atoms with van der Waals surface area (Å²) in [4.78, 5) is 12.0. The zero-order valence-corrected chi connectivity index (χ0v) is 11.2. The van der Waals surface area contributed by atoms with Crippen molar-refractivity contribution in [3.05, 3.63) is 52.8 Å². The van der Waals surface area contributed by atoms with E-state index in [1.807, 2.05) is 0 Å². The van der Waals surface area contributed by atoms with Gasteiger partial charge < -0.3 is 15.2 Å². The van der Waals surface area contributed by atoms with E-state index in [2.05, 4.69) is 5.32 Å². The fraction of sp³-hybridized carbons (Fsp3) is 0.0714. The minimum absolute atomic E-state index is 0.0151. The Kier molecular flexibility index (Phi) is 4.10. The van der Waals surface area contributed by atoms with Gasteiger partial charge in [-0.2, -0.15) is 0 Å². The number of nitrogens with one attached hydrogen (secondary N) is 1. The van der Waals surface area contributed by atoms with Gasteiger partial charge in [0, 0.05) is 5.02 Å². The Morgan fingerprint density at radius 2 is 2.05 bits per heavy atom. The third kappa shape index (κ3) is 3.00. The summed E-state index contributed by atoms with van der Waals surface area (Å²) >= 11 is 5.63. The average Bonchev–Trinajstić information content (AvgIpc) is 2.42.